The Bertz CT molecular complexity index is 761. The van der Waals surface area contributed by atoms with Crippen LogP contribution < -0.4 is 5.73 Å². The van der Waals surface area contributed by atoms with Crippen LogP contribution in [0.5, 0.6) is 0 Å². The van der Waals surface area contributed by atoms with Crippen molar-refractivity contribution < 1.29 is 10.0 Å². The molecule has 0 fully saturated rings. The van der Waals surface area contributed by atoms with Gasteiger partial charge in [0.15, 0.2) is 0 Å². The Morgan fingerprint density at radius 2 is 2.13 bits per heavy atom. The van der Waals surface area contributed by atoms with Gasteiger partial charge < -0.3 is 5.73 Å². The molecule has 1 heterocycles. The zero-order valence-electron chi connectivity index (χ0n) is 12.7. The summed E-state index contributed by atoms with van der Waals surface area (Å²) in [5, 5.41) is 9.78. The molecule has 3 N–H and O–H groups in total. The lowest BCUT2D eigenvalue weighted by molar-refractivity contribution is -0.0536. The summed E-state index contributed by atoms with van der Waals surface area (Å²) in [4.78, 5) is 15.1. The highest BCUT2D eigenvalue weighted by Gasteiger charge is 2.11. The Morgan fingerprint density at radius 1 is 1.30 bits per heavy atom. The Morgan fingerprint density at radius 3 is 2.83 bits per heavy atom. The summed E-state index contributed by atoms with van der Waals surface area (Å²) in [7, 11) is 0. The number of nitrogens with zero attached hydrogens (tertiary/aromatic N) is 2. The maximum absolute atomic E-state index is 10.8. The van der Waals surface area contributed by atoms with Gasteiger partial charge in [0.25, 0.3) is 0 Å². The van der Waals surface area contributed by atoms with Gasteiger partial charge in [-0.15, -0.1) is 0 Å². The average Bonchev–Trinajstić information content (AvgIpc) is 2.58. The number of amides is 2. The number of nitrogens with two attached hydrogens (primary N) is 1. The van der Waals surface area contributed by atoms with E-state index in [4.69, 9.17) is 5.73 Å². The first kappa shape index (κ1) is 16.3. The van der Waals surface area contributed by atoms with E-state index in [2.05, 4.69) is 16.8 Å². The summed E-state index contributed by atoms with van der Waals surface area (Å²) >= 11 is 0. The molecule has 1 aromatic heterocycles. The maximum Gasteiger partial charge on any atom is 0.339 e. The molecule has 0 aliphatic carbocycles. The molecule has 0 aliphatic rings. The van der Waals surface area contributed by atoms with Crippen molar-refractivity contribution in [3.8, 4) is 11.8 Å². The molecule has 2 aromatic rings. The molecular formula is C18H17N3O2. The lowest BCUT2D eigenvalue weighted by Crippen LogP contribution is -2.38. The summed E-state index contributed by atoms with van der Waals surface area (Å²) in [6.07, 6.45) is 5.60. The molecule has 23 heavy (non-hydrogen) atoms. The lowest BCUT2D eigenvalue weighted by atomic mass is 10.1. The first-order valence-corrected chi connectivity index (χ1v) is 7.04. The molecule has 1 aromatic carbocycles. The highest BCUT2D eigenvalue weighted by Crippen LogP contribution is 2.09. The summed E-state index contributed by atoms with van der Waals surface area (Å²) in [6, 6.07) is 11.7. The third-order valence-corrected chi connectivity index (χ3v) is 3.04. The maximum atomic E-state index is 10.8. The minimum atomic E-state index is -0.932. The van der Waals surface area contributed by atoms with Crippen molar-refractivity contribution >= 4 is 18.2 Å². The van der Waals surface area contributed by atoms with E-state index in [1.54, 1.807) is 13.1 Å². The van der Waals surface area contributed by atoms with Gasteiger partial charge in [0, 0.05) is 11.8 Å². The zero-order valence-corrected chi connectivity index (χ0v) is 12.7. The monoisotopic (exact) mass is 307 g/mol. The SMILES string of the molecule is CC(C#Cc1cccc(C=Cc2ccccn2)c1)N(O)C(N)=O. The number of carbonyl (C=O) groups excluding carboxylic acids is 1. The number of aromatic nitrogens is 1. The summed E-state index contributed by atoms with van der Waals surface area (Å²) < 4.78 is 0. The summed E-state index contributed by atoms with van der Waals surface area (Å²) in [6.45, 7) is 1.59. The zero-order chi connectivity index (χ0) is 16.7. The van der Waals surface area contributed by atoms with Gasteiger partial charge in [-0.25, -0.2) is 4.79 Å². The number of hydroxylamine groups is 2. The smallest absolute Gasteiger partial charge is 0.339 e. The van der Waals surface area contributed by atoms with Crippen molar-refractivity contribution in [3.63, 3.8) is 0 Å². The van der Waals surface area contributed by atoms with Crippen LogP contribution in [0.1, 0.15) is 23.7 Å². The molecule has 0 aliphatic heterocycles. The van der Waals surface area contributed by atoms with Gasteiger partial charge in [-0.05, 0) is 42.8 Å². The number of benzene rings is 1. The molecule has 0 bridgehead atoms. The van der Waals surface area contributed by atoms with Crippen molar-refractivity contribution in [2.24, 2.45) is 5.73 Å². The topological polar surface area (TPSA) is 79.4 Å². The summed E-state index contributed by atoms with van der Waals surface area (Å²) in [5.74, 6) is 5.68. The number of hydrogen-bond donors (Lipinski definition) is 2. The molecule has 116 valence electrons. The van der Waals surface area contributed by atoms with Crippen LogP contribution in [0.4, 0.5) is 4.79 Å². The Labute approximate surface area is 135 Å². The highest BCUT2D eigenvalue weighted by molar-refractivity contribution is 5.71. The van der Waals surface area contributed by atoms with Crippen LogP contribution in [0.2, 0.25) is 0 Å². The normalized spacial score (nSPS) is 11.6. The third-order valence-electron chi connectivity index (χ3n) is 3.04. The van der Waals surface area contributed by atoms with Gasteiger partial charge in [-0.2, -0.15) is 5.06 Å². The third kappa shape index (κ3) is 4.99. The van der Waals surface area contributed by atoms with Crippen LogP contribution in [-0.4, -0.2) is 27.3 Å². The molecule has 0 saturated heterocycles. The number of urea groups is 1. The van der Waals surface area contributed by atoms with Crippen molar-refractivity contribution in [1.82, 2.24) is 10.0 Å². The lowest BCUT2D eigenvalue weighted by Gasteiger charge is -2.14. The van der Waals surface area contributed by atoms with Gasteiger partial charge in [0.05, 0.1) is 5.69 Å². The van der Waals surface area contributed by atoms with E-state index in [9.17, 15) is 10.0 Å². The molecule has 5 nitrogen and oxygen atoms in total. The molecule has 0 saturated carbocycles. The van der Waals surface area contributed by atoms with Crippen LogP contribution in [0.25, 0.3) is 12.2 Å². The van der Waals surface area contributed by atoms with E-state index in [-0.39, 0.29) is 0 Å². The molecular weight excluding hydrogens is 290 g/mol. The molecule has 2 rings (SSSR count). The van der Waals surface area contributed by atoms with Crippen LogP contribution in [-0.2, 0) is 0 Å². The average molecular weight is 307 g/mol. The Balaban J connectivity index is 2.12. The van der Waals surface area contributed by atoms with Gasteiger partial charge in [0.2, 0.25) is 0 Å². The standard InChI is InChI=1S/C18H17N3O2/c1-14(21(23)18(19)22)8-9-15-5-4-6-16(13-15)10-11-17-7-2-3-12-20-17/h2-7,10-14,23H,1H3,(H2,19,22). The van der Waals surface area contributed by atoms with E-state index < -0.39 is 12.1 Å². The van der Waals surface area contributed by atoms with Crippen molar-refractivity contribution in [2.75, 3.05) is 0 Å². The van der Waals surface area contributed by atoms with Gasteiger partial charge in [-0.1, -0.05) is 36.1 Å². The number of hydrogen-bond acceptors (Lipinski definition) is 3. The van der Waals surface area contributed by atoms with Gasteiger partial charge in [-0.3, -0.25) is 10.2 Å². The van der Waals surface area contributed by atoms with E-state index in [0.717, 1.165) is 16.8 Å². The summed E-state index contributed by atoms with van der Waals surface area (Å²) in [5.41, 5.74) is 7.60. The quantitative estimate of drug-likeness (QED) is 0.520. The Hall–Kier alpha value is -3.10. The van der Waals surface area contributed by atoms with Gasteiger partial charge in [0.1, 0.15) is 6.04 Å². The first-order valence-electron chi connectivity index (χ1n) is 7.04. The number of carbonyl (C=O) groups is 1. The van der Waals surface area contributed by atoms with E-state index in [0.29, 0.717) is 5.06 Å². The predicted octanol–water partition coefficient (Wildman–Crippen LogP) is 2.76. The molecule has 1 unspecified atom stereocenters. The minimum absolute atomic E-state index is 0.401. The Kier molecular flexibility index (Phi) is 5.50. The van der Waals surface area contributed by atoms with E-state index >= 15 is 0 Å². The number of pyridine rings is 1. The van der Waals surface area contributed by atoms with E-state index in [1.165, 1.54) is 0 Å². The molecule has 0 spiro atoms. The predicted molar refractivity (Wildman–Crippen MR) is 89.2 cm³/mol. The van der Waals surface area contributed by atoms with Crippen LogP contribution in [0, 0.1) is 11.8 Å². The van der Waals surface area contributed by atoms with Crippen molar-refractivity contribution in [2.45, 2.75) is 13.0 Å². The van der Waals surface area contributed by atoms with Crippen LogP contribution in [0.3, 0.4) is 0 Å². The second kappa shape index (κ2) is 7.78. The fourth-order valence-electron chi connectivity index (χ4n) is 1.82. The molecule has 2 amide bonds. The largest absolute Gasteiger partial charge is 0.350 e. The first-order chi connectivity index (χ1) is 11.1. The van der Waals surface area contributed by atoms with Crippen LogP contribution >= 0.6 is 0 Å². The minimum Gasteiger partial charge on any atom is -0.350 e. The van der Waals surface area contributed by atoms with Crippen molar-refractivity contribution in [3.05, 3.63) is 65.5 Å². The second-order valence-corrected chi connectivity index (χ2v) is 4.84. The molecule has 5 heteroatoms. The fraction of sp³-hybridized carbons (Fsp3) is 0.111. The fourth-order valence-corrected chi connectivity index (χ4v) is 1.82. The van der Waals surface area contributed by atoms with Crippen molar-refractivity contribution in [1.29, 1.82) is 0 Å². The molecule has 0 radical (unpaired) electrons. The number of primary amides is 1. The van der Waals surface area contributed by atoms with Crippen LogP contribution in [0.15, 0.2) is 48.7 Å². The van der Waals surface area contributed by atoms with E-state index in [1.807, 2.05) is 54.6 Å². The number of rotatable bonds is 3. The van der Waals surface area contributed by atoms with Gasteiger partial charge >= 0.3 is 6.03 Å². The molecule has 1 atom stereocenters. The second-order valence-electron chi connectivity index (χ2n) is 4.84. The highest BCUT2D eigenvalue weighted by atomic mass is 16.5.